The molecule has 0 heterocycles. The third-order valence-corrected chi connectivity index (χ3v) is 5.63. The highest BCUT2D eigenvalue weighted by Gasteiger charge is 2.40. The SMILES string of the molecule is CC1CCC(NC(=O)NCC2(C(=O)O)CCCCC2)C1C. The summed E-state index contributed by atoms with van der Waals surface area (Å²) in [5, 5.41) is 15.3. The lowest BCUT2D eigenvalue weighted by Gasteiger charge is -2.33. The topological polar surface area (TPSA) is 78.4 Å². The Kier molecular flexibility index (Phi) is 5.12. The zero-order chi connectivity index (χ0) is 15.5. The summed E-state index contributed by atoms with van der Waals surface area (Å²) in [5.41, 5.74) is -0.760. The maximum atomic E-state index is 12.0. The van der Waals surface area contributed by atoms with Gasteiger partial charge in [0.05, 0.1) is 5.41 Å². The van der Waals surface area contributed by atoms with E-state index < -0.39 is 11.4 Å². The summed E-state index contributed by atoms with van der Waals surface area (Å²) < 4.78 is 0. The molecule has 2 saturated carbocycles. The molecule has 2 aliphatic rings. The van der Waals surface area contributed by atoms with Crippen molar-refractivity contribution < 1.29 is 14.7 Å². The van der Waals surface area contributed by atoms with Crippen LogP contribution in [0.4, 0.5) is 4.79 Å². The fourth-order valence-corrected chi connectivity index (χ4v) is 3.73. The van der Waals surface area contributed by atoms with E-state index in [0.717, 1.165) is 32.1 Å². The molecule has 0 bridgehead atoms. The van der Waals surface area contributed by atoms with Crippen molar-refractivity contribution >= 4 is 12.0 Å². The smallest absolute Gasteiger partial charge is 0.315 e. The van der Waals surface area contributed by atoms with Gasteiger partial charge in [-0.1, -0.05) is 33.1 Å². The molecule has 5 nitrogen and oxygen atoms in total. The number of hydrogen-bond donors (Lipinski definition) is 3. The second-order valence-electron chi connectivity index (χ2n) is 6.99. The Morgan fingerprint density at radius 2 is 1.81 bits per heavy atom. The van der Waals surface area contributed by atoms with Crippen molar-refractivity contribution in [3.63, 3.8) is 0 Å². The summed E-state index contributed by atoms with van der Waals surface area (Å²) in [6, 6.07) is -0.000664. The minimum atomic E-state index is -0.773. The van der Waals surface area contributed by atoms with E-state index in [9.17, 15) is 14.7 Å². The van der Waals surface area contributed by atoms with Crippen LogP contribution in [0.5, 0.6) is 0 Å². The van der Waals surface area contributed by atoms with E-state index in [1.54, 1.807) is 0 Å². The molecule has 120 valence electrons. The number of urea groups is 1. The van der Waals surface area contributed by atoms with Gasteiger partial charge >= 0.3 is 12.0 Å². The van der Waals surface area contributed by atoms with Gasteiger partial charge < -0.3 is 15.7 Å². The molecule has 21 heavy (non-hydrogen) atoms. The molecule has 5 heteroatoms. The molecule has 2 aliphatic carbocycles. The van der Waals surface area contributed by atoms with Crippen LogP contribution in [0.25, 0.3) is 0 Å². The minimum Gasteiger partial charge on any atom is -0.481 e. The molecule has 0 saturated heterocycles. The van der Waals surface area contributed by atoms with Crippen LogP contribution in [0.15, 0.2) is 0 Å². The fourth-order valence-electron chi connectivity index (χ4n) is 3.73. The summed E-state index contributed by atoms with van der Waals surface area (Å²) in [4.78, 5) is 23.6. The minimum absolute atomic E-state index is 0.215. The Bertz CT molecular complexity index is 391. The highest BCUT2D eigenvalue weighted by molar-refractivity contribution is 5.78. The van der Waals surface area contributed by atoms with Crippen molar-refractivity contribution in [1.82, 2.24) is 10.6 Å². The molecular weight excluding hydrogens is 268 g/mol. The molecule has 3 atom stereocenters. The number of aliphatic carboxylic acids is 1. The van der Waals surface area contributed by atoms with E-state index in [1.807, 2.05) is 0 Å². The number of rotatable bonds is 4. The largest absolute Gasteiger partial charge is 0.481 e. The van der Waals surface area contributed by atoms with E-state index in [1.165, 1.54) is 0 Å². The van der Waals surface area contributed by atoms with E-state index in [2.05, 4.69) is 24.5 Å². The predicted octanol–water partition coefficient (Wildman–Crippen LogP) is 2.76. The number of carbonyl (C=O) groups is 2. The van der Waals surface area contributed by atoms with Gasteiger partial charge in [-0.2, -0.15) is 0 Å². The summed E-state index contributed by atoms with van der Waals surface area (Å²) in [6.07, 6.45) is 6.46. The third kappa shape index (κ3) is 3.69. The van der Waals surface area contributed by atoms with Crippen LogP contribution in [-0.2, 0) is 4.79 Å². The van der Waals surface area contributed by atoms with Crippen molar-refractivity contribution in [2.75, 3.05) is 6.54 Å². The standard InChI is InChI=1S/C16H28N2O3/c1-11-6-7-13(12(11)2)18-15(21)17-10-16(14(19)20)8-4-3-5-9-16/h11-13H,3-10H2,1-2H3,(H,19,20)(H2,17,18,21). The van der Waals surface area contributed by atoms with Crippen molar-refractivity contribution in [3.05, 3.63) is 0 Å². The molecular formula is C16H28N2O3. The van der Waals surface area contributed by atoms with Crippen molar-refractivity contribution in [2.24, 2.45) is 17.3 Å². The molecule has 0 spiro atoms. The van der Waals surface area contributed by atoms with Crippen LogP contribution in [0, 0.1) is 17.3 Å². The first-order valence-corrected chi connectivity index (χ1v) is 8.22. The quantitative estimate of drug-likeness (QED) is 0.746. The monoisotopic (exact) mass is 296 g/mol. The van der Waals surface area contributed by atoms with Gasteiger partial charge in [0.15, 0.2) is 0 Å². The van der Waals surface area contributed by atoms with E-state index in [0.29, 0.717) is 24.7 Å². The van der Waals surface area contributed by atoms with E-state index in [4.69, 9.17) is 0 Å². The van der Waals surface area contributed by atoms with Gasteiger partial charge in [-0.3, -0.25) is 4.79 Å². The zero-order valence-corrected chi connectivity index (χ0v) is 13.2. The first-order valence-electron chi connectivity index (χ1n) is 8.22. The second kappa shape index (κ2) is 6.67. The summed E-state index contributed by atoms with van der Waals surface area (Å²) in [7, 11) is 0. The van der Waals surface area contributed by atoms with E-state index in [-0.39, 0.29) is 18.6 Å². The van der Waals surface area contributed by atoms with Gasteiger partial charge in [0, 0.05) is 12.6 Å². The average Bonchev–Trinajstić information content (AvgIpc) is 2.78. The normalized spacial score (nSPS) is 31.6. The Hall–Kier alpha value is -1.26. The number of hydrogen-bond acceptors (Lipinski definition) is 2. The molecule has 0 aromatic carbocycles. The van der Waals surface area contributed by atoms with Crippen molar-refractivity contribution in [2.45, 2.75) is 64.8 Å². The molecule has 0 aromatic heterocycles. The average molecular weight is 296 g/mol. The first kappa shape index (κ1) is 16.1. The lowest BCUT2D eigenvalue weighted by Crippen LogP contribution is -2.49. The van der Waals surface area contributed by atoms with Crippen LogP contribution < -0.4 is 10.6 Å². The Labute approximate surface area is 126 Å². The van der Waals surface area contributed by atoms with Gasteiger partial charge in [-0.15, -0.1) is 0 Å². The Morgan fingerprint density at radius 1 is 1.14 bits per heavy atom. The highest BCUT2D eigenvalue weighted by atomic mass is 16.4. The van der Waals surface area contributed by atoms with Gasteiger partial charge in [-0.05, 0) is 37.5 Å². The van der Waals surface area contributed by atoms with Crippen molar-refractivity contribution in [3.8, 4) is 0 Å². The third-order valence-electron chi connectivity index (χ3n) is 5.63. The maximum Gasteiger partial charge on any atom is 0.315 e. The van der Waals surface area contributed by atoms with Crippen LogP contribution in [-0.4, -0.2) is 29.7 Å². The van der Waals surface area contributed by atoms with Crippen LogP contribution in [0.3, 0.4) is 0 Å². The van der Waals surface area contributed by atoms with E-state index >= 15 is 0 Å². The number of nitrogens with one attached hydrogen (secondary N) is 2. The van der Waals surface area contributed by atoms with Crippen LogP contribution >= 0.6 is 0 Å². The summed E-state index contributed by atoms with van der Waals surface area (Å²) in [5.74, 6) is 0.350. The van der Waals surface area contributed by atoms with Gasteiger partial charge in [0.1, 0.15) is 0 Å². The lowest BCUT2D eigenvalue weighted by molar-refractivity contribution is -0.150. The Balaban J connectivity index is 1.83. The predicted molar refractivity (Wildman–Crippen MR) is 81.0 cm³/mol. The van der Waals surface area contributed by atoms with Gasteiger partial charge in [0.25, 0.3) is 0 Å². The highest BCUT2D eigenvalue weighted by Crippen LogP contribution is 2.36. The number of carboxylic acids is 1. The molecule has 0 aliphatic heterocycles. The summed E-state index contributed by atoms with van der Waals surface area (Å²) in [6.45, 7) is 4.62. The molecule has 0 aromatic rings. The Morgan fingerprint density at radius 3 is 2.33 bits per heavy atom. The number of carbonyl (C=O) groups excluding carboxylic acids is 1. The summed E-state index contributed by atoms with van der Waals surface area (Å²) >= 11 is 0. The zero-order valence-electron chi connectivity index (χ0n) is 13.2. The van der Waals surface area contributed by atoms with Crippen molar-refractivity contribution in [1.29, 1.82) is 0 Å². The maximum absolute atomic E-state index is 12.0. The molecule has 3 unspecified atom stereocenters. The first-order chi connectivity index (χ1) is 9.94. The second-order valence-corrected chi connectivity index (χ2v) is 6.99. The lowest BCUT2D eigenvalue weighted by atomic mass is 9.74. The molecule has 2 fully saturated rings. The number of amides is 2. The van der Waals surface area contributed by atoms with Crippen LogP contribution in [0.2, 0.25) is 0 Å². The molecule has 0 radical (unpaired) electrons. The fraction of sp³-hybridized carbons (Fsp3) is 0.875. The van der Waals surface area contributed by atoms with Gasteiger partial charge in [0.2, 0.25) is 0 Å². The number of carboxylic acid groups (broad SMARTS) is 1. The van der Waals surface area contributed by atoms with Gasteiger partial charge in [-0.25, -0.2) is 4.79 Å². The molecule has 3 N–H and O–H groups in total. The molecule has 2 amide bonds. The van der Waals surface area contributed by atoms with Crippen LogP contribution in [0.1, 0.15) is 58.8 Å². The molecule has 2 rings (SSSR count).